The smallest absolute Gasteiger partial charge is 0.250 e. The Labute approximate surface area is 197 Å². The van der Waals surface area contributed by atoms with Crippen LogP contribution < -0.4 is 5.73 Å². The molecule has 0 aliphatic carbocycles. The number of nitrogens with zero attached hydrogens (tertiary/aromatic N) is 5. The van der Waals surface area contributed by atoms with E-state index in [9.17, 15) is 17.2 Å². The second-order valence-electron chi connectivity index (χ2n) is 9.06. The summed E-state index contributed by atoms with van der Waals surface area (Å²) < 4.78 is 53.4. The fourth-order valence-corrected chi connectivity index (χ4v) is 5.61. The average Bonchev–Trinajstić information content (AvgIpc) is 3.36. The number of benzene rings is 1. The van der Waals surface area contributed by atoms with Crippen LogP contribution >= 0.6 is 0 Å². The van der Waals surface area contributed by atoms with E-state index in [0.29, 0.717) is 32.6 Å². The van der Waals surface area contributed by atoms with Crippen LogP contribution in [0.15, 0.2) is 48.8 Å². The van der Waals surface area contributed by atoms with E-state index >= 15 is 0 Å². The molecule has 0 unspecified atom stereocenters. The van der Waals surface area contributed by atoms with Gasteiger partial charge in [0.2, 0.25) is 0 Å². The zero-order valence-electron chi connectivity index (χ0n) is 18.7. The number of piperidine rings is 1. The third-order valence-corrected chi connectivity index (χ3v) is 7.46. The highest BCUT2D eigenvalue weighted by molar-refractivity contribution is 7.89. The highest BCUT2D eigenvalue weighted by atomic mass is 32.2. The number of halogens is 2. The van der Waals surface area contributed by atoms with E-state index in [4.69, 9.17) is 5.73 Å². The van der Waals surface area contributed by atoms with Gasteiger partial charge in [0, 0.05) is 61.8 Å². The molecule has 2 aliphatic rings. The van der Waals surface area contributed by atoms with Crippen molar-refractivity contribution in [3.63, 3.8) is 0 Å². The lowest BCUT2D eigenvalue weighted by atomic mass is 9.87. The summed E-state index contributed by atoms with van der Waals surface area (Å²) in [4.78, 5) is 8.69. The Balaban J connectivity index is 1.41. The molecule has 180 valence electrons. The molecule has 1 aromatic carbocycles. The van der Waals surface area contributed by atoms with Crippen LogP contribution in [0.25, 0.3) is 0 Å². The van der Waals surface area contributed by atoms with Crippen molar-refractivity contribution in [2.75, 3.05) is 12.8 Å². The Hall–Kier alpha value is -2.73. The quantitative estimate of drug-likeness (QED) is 0.587. The predicted octanol–water partition coefficient (Wildman–Crippen LogP) is 2.02. The van der Waals surface area contributed by atoms with Crippen molar-refractivity contribution in [3.05, 3.63) is 82.9 Å². The maximum atomic E-state index is 14.8. The standard InChI is InChI=1S/C23H26F2N6O2S/c1-34(32,33)31-11-15-10-29(14-22(15)28-31)18-9-21(26)23(19-8-16(24)5-6-20(19)25)30(13-18)12-17-4-2-3-7-27-17/h2-8,11,18,21,23H,9-10,12-14,26H2,1H3/t18-,21+,23-/m1/s1. The molecule has 0 radical (unpaired) electrons. The van der Waals surface area contributed by atoms with Crippen molar-refractivity contribution in [2.24, 2.45) is 5.73 Å². The minimum atomic E-state index is -3.44. The van der Waals surface area contributed by atoms with Gasteiger partial charge in [0.25, 0.3) is 10.0 Å². The summed E-state index contributed by atoms with van der Waals surface area (Å²) in [5.41, 5.74) is 9.27. The van der Waals surface area contributed by atoms with E-state index in [2.05, 4.69) is 19.9 Å². The fraction of sp³-hybridized carbons (Fsp3) is 0.391. The van der Waals surface area contributed by atoms with Crippen LogP contribution in [0.5, 0.6) is 0 Å². The summed E-state index contributed by atoms with van der Waals surface area (Å²) in [5.74, 6) is -0.987. The van der Waals surface area contributed by atoms with Gasteiger partial charge in [-0.05, 0) is 36.8 Å². The first-order valence-electron chi connectivity index (χ1n) is 11.1. The number of likely N-dealkylation sites (tertiary alicyclic amines) is 1. The van der Waals surface area contributed by atoms with Gasteiger partial charge >= 0.3 is 0 Å². The van der Waals surface area contributed by atoms with Crippen molar-refractivity contribution in [1.29, 1.82) is 0 Å². The van der Waals surface area contributed by atoms with E-state index < -0.39 is 33.7 Å². The molecule has 8 nitrogen and oxygen atoms in total. The van der Waals surface area contributed by atoms with Gasteiger partial charge in [-0.1, -0.05) is 6.07 Å². The minimum Gasteiger partial charge on any atom is -0.326 e. The molecule has 2 aliphatic heterocycles. The van der Waals surface area contributed by atoms with Crippen LogP contribution in [0, 0.1) is 11.6 Å². The van der Waals surface area contributed by atoms with Crippen molar-refractivity contribution in [2.45, 2.75) is 44.2 Å². The Kier molecular flexibility index (Phi) is 5.96. The van der Waals surface area contributed by atoms with Crippen LogP contribution in [-0.2, 0) is 29.7 Å². The van der Waals surface area contributed by atoms with Crippen LogP contribution in [0.1, 0.15) is 35.0 Å². The first-order valence-corrected chi connectivity index (χ1v) is 12.9. The summed E-state index contributed by atoms with van der Waals surface area (Å²) >= 11 is 0. The molecule has 0 spiro atoms. The van der Waals surface area contributed by atoms with Crippen LogP contribution in [0.4, 0.5) is 8.78 Å². The SMILES string of the molecule is CS(=O)(=O)n1cc2c(n1)CN([C@@H]1C[C@H](N)[C@@H](c3cc(F)ccc3F)N(Cc3ccccn3)C1)C2. The number of aromatic nitrogens is 3. The predicted molar refractivity (Wildman–Crippen MR) is 122 cm³/mol. The molecule has 0 amide bonds. The first-order chi connectivity index (χ1) is 16.2. The Morgan fingerprint density at radius 1 is 1.18 bits per heavy atom. The van der Waals surface area contributed by atoms with E-state index in [-0.39, 0.29) is 11.6 Å². The van der Waals surface area contributed by atoms with E-state index in [1.807, 2.05) is 18.2 Å². The van der Waals surface area contributed by atoms with Gasteiger partial charge in [0.15, 0.2) is 0 Å². The number of rotatable bonds is 5. The van der Waals surface area contributed by atoms with Gasteiger partial charge in [-0.3, -0.25) is 14.8 Å². The molecule has 1 saturated heterocycles. The van der Waals surface area contributed by atoms with E-state index in [1.54, 1.807) is 12.4 Å². The third kappa shape index (κ3) is 4.48. The molecular weight excluding hydrogens is 462 g/mol. The fourth-order valence-electron chi connectivity index (χ4n) is 5.05. The van der Waals surface area contributed by atoms with Crippen LogP contribution in [0.3, 0.4) is 0 Å². The number of hydrogen-bond donors (Lipinski definition) is 1. The zero-order valence-corrected chi connectivity index (χ0v) is 19.5. The van der Waals surface area contributed by atoms with Crippen LogP contribution in [-0.4, -0.2) is 57.3 Å². The van der Waals surface area contributed by atoms with Crippen molar-refractivity contribution in [1.82, 2.24) is 24.0 Å². The summed E-state index contributed by atoms with van der Waals surface area (Å²) in [5, 5.41) is 4.24. The van der Waals surface area contributed by atoms with E-state index in [1.165, 1.54) is 6.07 Å². The topological polar surface area (TPSA) is 97.3 Å². The third-order valence-electron chi connectivity index (χ3n) is 6.60. The maximum absolute atomic E-state index is 14.8. The molecule has 2 aromatic heterocycles. The molecule has 4 heterocycles. The molecule has 34 heavy (non-hydrogen) atoms. The van der Waals surface area contributed by atoms with Gasteiger partial charge in [-0.25, -0.2) is 17.2 Å². The summed E-state index contributed by atoms with van der Waals surface area (Å²) in [7, 11) is -3.44. The molecule has 3 aromatic rings. The Bertz CT molecular complexity index is 1280. The summed E-state index contributed by atoms with van der Waals surface area (Å²) in [6.07, 6.45) is 4.96. The molecule has 2 N–H and O–H groups in total. The highest BCUT2D eigenvalue weighted by Crippen LogP contribution is 2.36. The second-order valence-corrected chi connectivity index (χ2v) is 10.9. The molecule has 1 fully saturated rings. The number of nitrogens with two attached hydrogens (primary N) is 1. The molecule has 3 atom stereocenters. The monoisotopic (exact) mass is 488 g/mol. The summed E-state index contributed by atoms with van der Waals surface area (Å²) in [6.45, 7) is 2.07. The largest absolute Gasteiger partial charge is 0.326 e. The lowest BCUT2D eigenvalue weighted by Crippen LogP contribution is -2.55. The molecule has 0 bridgehead atoms. The Morgan fingerprint density at radius 2 is 2.00 bits per heavy atom. The number of pyridine rings is 1. The lowest BCUT2D eigenvalue weighted by molar-refractivity contribution is 0.0355. The maximum Gasteiger partial charge on any atom is 0.250 e. The van der Waals surface area contributed by atoms with E-state index in [0.717, 1.165) is 39.4 Å². The molecule has 0 saturated carbocycles. The number of hydrogen-bond acceptors (Lipinski definition) is 7. The van der Waals surface area contributed by atoms with Gasteiger partial charge < -0.3 is 5.73 Å². The molecule has 5 rings (SSSR count). The first kappa shape index (κ1) is 23.0. The minimum absolute atomic E-state index is 0.0347. The lowest BCUT2D eigenvalue weighted by Gasteiger charge is -2.46. The van der Waals surface area contributed by atoms with Crippen molar-refractivity contribution in [3.8, 4) is 0 Å². The van der Waals surface area contributed by atoms with Crippen molar-refractivity contribution >= 4 is 10.0 Å². The van der Waals surface area contributed by atoms with Gasteiger partial charge in [0.05, 0.1) is 23.7 Å². The second kappa shape index (κ2) is 8.81. The number of fused-ring (bicyclic) bond motifs is 1. The van der Waals surface area contributed by atoms with Crippen LogP contribution in [0.2, 0.25) is 0 Å². The van der Waals surface area contributed by atoms with Crippen molar-refractivity contribution < 1.29 is 17.2 Å². The molecular formula is C23H26F2N6O2S. The highest BCUT2D eigenvalue weighted by Gasteiger charge is 2.40. The summed E-state index contributed by atoms with van der Waals surface area (Å²) in [6, 6.07) is 8.18. The van der Waals surface area contributed by atoms with Gasteiger partial charge in [0.1, 0.15) is 11.6 Å². The Morgan fingerprint density at radius 3 is 2.71 bits per heavy atom. The van der Waals surface area contributed by atoms with Gasteiger partial charge in [-0.2, -0.15) is 9.19 Å². The average molecular weight is 489 g/mol. The molecule has 11 heteroatoms. The zero-order chi connectivity index (χ0) is 24.0. The van der Waals surface area contributed by atoms with Gasteiger partial charge in [-0.15, -0.1) is 0 Å². The normalized spacial score (nSPS) is 23.8.